The van der Waals surface area contributed by atoms with E-state index in [2.05, 4.69) is 5.32 Å². The average molecular weight is 290 g/mol. The fourth-order valence-electron chi connectivity index (χ4n) is 2.65. The predicted octanol–water partition coefficient (Wildman–Crippen LogP) is 1.65. The SMILES string of the molecule is CCC(C)C1C(=O)NC(C)C(=O)N1Cc1ccc(O)cc1. The van der Waals surface area contributed by atoms with Crippen LogP contribution in [0.4, 0.5) is 0 Å². The minimum atomic E-state index is -0.491. The van der Waals surface area contributed by atoms with E-state index < -0.39 is 12.1 Å². The van der Waals surface area contributed by atoms with Crippen molar-refractivity contribution in [2.75, 3.05) is 0 Å². The van der Waals surface area contributed by atoms with E-state index in [1.165, 1.54) is 0 Å². The van der Waals surface area contributed by atoms with Gasteiger partial charge in [-0.25, -0.2) is 0 Å². The molecule has 2 rings (SSSR count). The molecule has 1 aromatic rings. The third-order valence-electron chi connectivity index (χ3n) is 4.09. The van der Waals surface area contributed by atoms with Crippen LogP contribution in [-0.4, -0.2) is 33.9 Å². The molecule has 3 unspecified atom stereocenters. The average Bonchev–Trinajstić information content (AvgIpc) is 2.46. The van der Waals surface area contributed by atoms with Gasteiger partial charge in [0, 0.05) is 6.54 Å². The highest BCUT2D eigenvalue weighted by Gasteiger charge is 2.40. The molecular weight excluding hydrogens is 268 g/mol. The number of carbonyl (C=O) groups is 2. The predicted molar refractivity (Wildman–Crippen MR) is 79.5 cm³/mol. The number of benzene rings is 1. The first-order valence-electron chi connectivity index (χ1n) is 7.32. The molecule has 1 aromatic carbocycles. The topological polar surface area (TPSA) is 69.6 Å². The number of carbonyl (C=O) groups excluding carboxylic acids is 2. The third-order valence-corrected chi connectivity index (χ3v) is 4.09. The molecule has 1 aliphatic heterocycles. The Morgan fingerprint density at radius 1 is 1.29 bits per heavy atom. The molecule has 2 amide bonds. The molecule has 0 bridgehead atoms. The molecule has 0 saturated carbocycles. The molecule has 3 atom stereocenters. The van der Waals surface area contributed by atoms with Gasteiger partial charge >= 0.3 is 0 Å². The van der Waals surface area contributed by atoms with Crippen LogP contribution in [0.15, 0.2) is 24.3 Å². The Morgan fingerprint density at radius 3 is 2.48 bits per heavy atom. The minimum Gasteiger partial charge on any atom is -0.508 e. The lowest BCUT2D eigenvalue weighted by molar-refractivity contribution is -0.151. The Bertz CT molecular complexity index is 527. The van der Waals surface area contributed by atoms with Crippen molar-refractivity contribution in [3.05, 3.63) is 29.8 Å². The fraction of sp³-hybridized carbons (Fsp3) is 0.500. The normalized spacial score (nSPS) is 23.9. The van der Waals surface area contributed by atoms with Gasteiger partial charge in [0.25, 0.3) is 0 Å². The van der Waals surface area contributed by atoms with Crippen LogP contribution < -0.4 is 5.32 Å². The summed E-state index contributed by atoms with van der Waals surface area (Å²) in [6, 6.07) is 5.79. The van der Waals surface area contributed by atoms with Crippen molar-refractivity contribution in [3.8, 4) is 5.75 Å². The largest absolute Gasteiger partial charge is 0.508 e. The molecule has 21 heavy (non-hydrogen) atoms. The number of rotatable bonds is 4. The molecule has 1 heterocycles. The van der Waals surface area contributed by atoms with Crippen LogP contribution in [-0.2, 0) is 16.1 Å². The number of phenols is 1. The van der Waals surface area contributed by atoms with Gasteiger partial charge < -0.3 is 15.3 Å². The maximum absolute atomic E-state index is 12.4. The Morgan fingerprint density at radius 2 is 1.90 bits per heavy atom. The van der Waals surface area contributed by atoms with Crippen LogP contribution in [0.2, 0.25) is 0 Å². The number of amides is 2. The summed E-state index contributed by atoms with van der Waals surface area (Å²) < 4.78 is 0. The zero-order chi connectivity index (χ0) is 15.6. The smallest absolute Gasteiger partial charge is 0.245 e. The quantitative estimate of drug-likeness (QED) is 0.886. The monoisotopic (exact) mass is 290 g/mol. The molecule has 0 aliphatic carbocycles. The van der Waals surface area contributed by atoms with E-state index in [-0.39, 0.29) is 23.5 Å². The van der Waals surface area contributed by atoms with E-state index in [4.69, 9.17) is 0 Å². The maximum atomic E-state index is 12.4. The van der Waals surface area contributed by atoms with Gasteiger partial charge in [-0.05, 0) is 30.5 Å². The number of nitrogens with zero attached hydrogens (tertiary/aromatic N) is 1. The second-order valence-corrected chi connectivity index (χ2v) is 5.69. The summed E-state index contributed by atoms with van der Waals surface area (Å²) in [7, 11) is 0. The summed E-state index contributed by atoms with van der Waals surface area (Å²) in [6.07, 6.45) is 0.825. The van der Waals surface area contributed by atoms with E-state index in [1.807, 2.05) is 13.8 Å². The highest BCUT2D eigenvalue weighted by Crippen LogP contribution is 2.23. The van der Waals surface area contributed by atoms with Crippen molar-refractivity contribution in [1.29, 1.82) is 0 Å². The van der Waals surface area contributed by atoms with E-state index in [0.29, 0.717) is 6.54 Å². The molecule has 114 valence electrons. The van der Waals surface area contributed by atoms with Gasteiger partial charge in [0.15, 0.2) is 0 Å². The fourth-order valence-corrected chi connectivity index (χ4v) is 2.65. The molecule has 1 saturated heterocycles. The summed E-state index contributed by atoms with van der Waals surface area (Å²) in [5, 5.41) is 12.1. The Kier molecular flexibility index (Phi) is 4.50. The van der Waals surface area contributed by atoms with Gasteiger partial charge in [-0.1, -0.05) is 32.4 Å². The summed E-state index contributed by atoms with van der Waals surface area (Å²) in [5.74, 6) is 0.134. The summed E-state index contributed by atoms with van der Waals surface area (Å²) in [5.41, 5.74) is 0.899. The highest BCUT2D eigenvalue weighted by molar-refractivity contribution is 5.96. The number of hydrogen-bond donors (Lipinski definition) is 2. The molecule has 0 radical (unpaired) electrons. The van der Waals surface area contributed by atoms with Crippen LogP contribution in [0.25, 0.3) is 0 Å². The van der Waals surface area contributed by atoms with Gasteiger partial charge in [-0.3, -0.25) is 9.59 Å². The third kappa shape index (κ3) is 3.17. The summed E-state index contributed by atoms with van der Waals surface area (Å²) >= 11 is 0. The first-order chi connectivity index (χ1) is 9.93. The summed E-state index contributed by atoms with van der Waals surface area (Å²) in [4.78, 5) is 26.4. The minimum absolute atomic E-state index is 0.0621. The van der Waals surface area contributed by atoms with Crippen molar-refractivity contribution >= 4 is 11.8 Å². The maximum Gasteiger partial charge on any atom is 0.245 e. The van der Waals surface area contributed by atoms with Crippen molar-refractivity contribution in [3.63, 3.8) is 0 Å². The second kappa shape index (κ2) is 6.16. The lowest BCUT2D eigenvalue weighted by Gasteiger charge is -2.40. The van der Waals surface area contributed by atoms with Crippen molar-refractivity contribution in [2.45, 2.75) is 45.8 Å². The standard InChI is InChI=1S/C16H22N2O3/c1-4-10(2)14-15(20)17-11(3)16(21)18(14)9-12-5-7-13(19)8-6-12/h5-8,10-11,14,19H,4,9H2,1-3H3,(H,17,20). The van der Waals surface area contributed by atoms with Gasteiger partial charge in [0.05, 0.1) is 0 Å². The highest BCUT2D eigenvalue weighted by atomic mass is 16.3. The number of hydrogen-bond acceptors (Lipinski definition) is 3. The molecule has 5 heteroatoms. The zero-order valence-corrected chi connectivity index (χ0v) is 12.7. The van der Waals surface area contributed by atoms with Crippen molar-refractivity contribution < 1.29 is 14.7 Å². The molecule has 5 nitrogen and oxygen atoms in total. The van der Waals surface area contributed by atoms with Gasteiger partial charge in [0.2, 0.25) is 11.8 Å². The number of aromatic hydroxyl groups is 1. The van der Waals surface area contributed by atoms with E-state index in [9.17, 15) is 14.7 Å². The molecule has 2 N–H and O–H groups in total. The van der Waals surface area contributed by atoms with Crippen LogP contribution in [0.5, 0.6) is 5.75 Å². The molecular formula is C16H22N2O3. The number of nitrogens with one attached hydrogen (secondary N) is 1. The molecule has 1 aliphatic rings. The lowest BCUT2D eigenvalue weighted by atomic mass is 9.93. The van der Waals surface area contributed by atoms with E-state index in [1.54, 1.807) is 36.1 Å². The second-order valence-electron chi connectivity index (χ2n) is 5.69. The number of piperazine rings is 1. The van der Waals surface area contributed by atoms with Crippen LogP contribution >= 0.6 is 0 Å². The zero-order valence-electron chi connectivity index (χ0n) is 12.7. The summed E-state index contributed by atoms with van der Waals surface area (Å²) in [6.45, 7) is 6.08. The molecule has 1 fully saturated rings. The van der Waals surface area contributed by atoms with Gasteiger partial charge in [0.1, 0.15) is 17.8 Å². The Hall–Kier alpha value is -2.04. The van der Waals surface area contributed by atoms with Crippen LogP contribution in [0.1, 0.15) is 32.8 Å². The van der Waals surface area contributed by atoms with Gasteiger partial charge in [-0.15, -0.1) is 0 Å². The van der Waals surface area contributed by atoms with E-state index in [0.717, 1.165) is 12.0 Å². The van der Waals surface area contributed by atoms with Crippen molar-refractivity contribution in [1.82, 2.24) is 10.2 Å². The van der Waals surface area contributed by atoms with Crippen LogP contribution in [0.3, 0.4) is 0 Å². The first-order valence-corrected chi connectivity index (χ1v) is 7.32. The van der Waals surface area contributed by atoms with Crippen LogP contribution in [0, 0.1) is 5.92 Å². The Labute approximate surface area is 125 Å². The molecule has 0 aromatic heterocycles. The lowest BCUT2D eigenvalue weighted by Crippen LogP contribution is -2.63. The first kappa shape index (κ1) is 15.4. The molecule has 0 spiro atoms. The van der Waals surface area contributed by atoms with Gasteiger partial charge in [-0.2, -0.15) is 0 Å². The van der Waals surface area contributed by atoms with E-state index >= 15 is 0 Å². The Balaban J connectivity index is 2.27. The van der Waals surface area contributed by atoms with Crippen molar-refractivity contribution in [2.24, 2.45) is 5.92 Å². The number of phenolic OH excluding ortho intramolecular Hbond substituents is 1.